The van der Waals surface area contributed by atoms with Crippen LogP contribution < -0.4 is 5.32 Å². The molecular formula is C14H14BrN3. The second kappa shape index (κ2) is 4.83. The Labute approximate surface area is 115 Å². The number of fused-ring (bicyclic) bond motifs is 1. The van der Waals surface area contributed by atoms with E-state index >= 15 is 0 Å². The molecule has 4 heteroatoms. The minimum absolute atomic E-state index is 0.591. The van der Waals surface area contributed by atoms with E-state index in [9.17, 15) is 0 Å². The number of nitriles is 1. The van der Waals surface area contributed by atoms with Gasteiger partial charge in [0.2, 0.25) is 0 Å². The zero-order chi connectivity index (χ0) is 12.5. The van der Waals surface area contributed by atoms with Crippen molar-refractivity contribution in [3.8, 4) is 6.07 Å². The molecule has 2 heterocycles. The zero-order valence-corrected chi connectivity index (χ0v) is 11.6. The van der Waals surface area contributed by atoms with Crippen molar-refractivity contribution in [2.75, 3.05) is 13.1 Å². The van der Waals surface area contributed by atoms with Crippen LogP contribution >= 0.6 is 15.9 Å². The van der Waals surface area contributed by atoms with Crippen LogP contribution in [0.15, 0.2) is 22.9 Å². The average molecular weight is 304 g/mol. The van der Waals surface area contributed by atoms with E-state index in [1.807, 2.05) is 12.3 Å². The van der Waals surface area contributed by atoms with Gasteiger partial charge in [-0.05, 0) is 64.4 Å². The zero-order valence-electron chi connectivity index (χ0n) is 9.99. The van der Waals surface area contributed by atoms with Gasteiger partial charge >= 0.3 is 0 Å². The van der Waals surface area contributed by atoms with Crippen LogP contribution in [-0.2, 0) is 0 Å². The Balaban J connectivity index is 1.94. The van der Waals surface area contributed by atoms with E-state index in [0.29, 0.717) is 16.1 Å². The second-order valence-corrected chi connectivity index (χ2v) is 5.68. The van der Waals surface area contributed by atoms with Crippen LogP contribution in [0.25, 0.3) is 5.57 Å². The summed E-state index contributed by atoms with van der Waals surface area (Å²) in [6.45, 7) is 2.18. The summed E-state index contributed by atoms with van der Waals surface area (Å²) in [5.41, 5.74) is 3.08. The van der Waals surface area contributed by atoms with Crippen molar-refractivity contribution in [2.45, 2.75) is 12.8 Å². The number of aromatic nitrogens is 1. The molecule has 1 fully saturated rings. The van der Waals surface area contributed by atoms with Crippen molar-refractivity contribution >= 4 is 21.5 Å². The molecule has 0 aromatic carbocycles. The van der Waals surface area contributed by atoms with E-state index in [-0.39, 0.29) is 0 Å². The largest absolute Gasteiger partial charge is 0.316 e. The summed E-state index contributed by atoms with van der Waals surface area (Å²) in [5, 5.41) is 12.5. The van der Waals surface area contributed by atoms with E-state index in [4.69, 9.17) is 5.26 Å². The molecule has 0 saturated carbocycles. The summed E-state index contributed by atoms with van der Waals surface area (Å²) in [6.07, 6.45) is 6.61. The number of hydrogen-bond donors (Lipinski definition) is 1. The van der Waals surface area contributed by atoms with Gasteiger partial charge in [-0.1, -0.05) is 6.08 Å². The predicted molar refractivity (Wildman–Crippen MR) is 73.7 cm³/mol. The predicted octanol–water partition coefficient (Wildman–Crippen LogP) is 2.73. The van der Waals surface area contributed by atoms with Crippen LogP contribution in [0.1, 0.15) is 24.0 Å². The fraction of sp³-hybridized carbons (Fsp3) is 0.429. The fourth-order valence-corrected chi connectivity index (χ4v) is 3.31. The van der Waals surface area contributed by atoms with Crippen molar-refractivity contribution in [3.63, 3.8) is 0 Å². The van der Waals surface area contributed by atoms with E-state index in [2.05, 4.69) is 38.4 Å². The third-order valence-corrected chi connectivity index (χ3v) is 4.59. The van der Waals surface area contributed by atoms with Gasteiger partial charge in [0.1, 0.15) is 10.7 Å². The van der Waals surface area contributed by atoms with Gasteiger partial charge in [-0.15, -0.1) is 0 Å². The standard InChI is InChI=1S/C14H14BrN3/c15-14-10(6-16)5-11(7-18-14)12-2-1-9-3-4-17-8-13(9)12/h2,5,7,9,13,17H,1,3-4,8H2/t9-,13+/m1/s1. The Kier molecular flexibility index (Phi) is 3.19. The van der Waals surface area contributed by atoms with Gasteiger partial charge in [-0.3, -0.25) is 0 Å². The number of allylic oxidation sites excluding steroid dienone is 1. The molecule has 92 valence electrons. The first-order valence-corrected chi connectivity index (χ1v) is 7.05. The van der Waals surface area contributed by atoms with Crippen LogP contribution in [-0.4, -0.2) is 18.1 Å². The van der Waals surface area contributed by atoms with E-state index in [1.165, 1.54) is 18.4 Å². The normalized spacial score (nSPS) is 26.3. The summed E-state index contributed by atoms with van der Waals surface area (Å²) in [5.74, 6) is 1.36. The van der Waals surface area contributed by atoms with Crippen LogP contribution in [0.4, 0.5) is 0 Å². The summed E-state index contributed by atoms with van der Waals surface area (Å²) in [7, 11) is 0. The first-order valence-electron chi connectivity index (χ1n) is 6.26. The van der Waals surface area contributed by atoms with Crippen LogP contribution in [0, 0.1) is 23.2 Å². The topological polar surface area (TPSA) is 48.7 Å². The number of piperidine rings is 1. The highest BCUT2D eigenvalue weighted by Crippen LogP contribution is 2.41. The summed E-state index contributed by atoms with van der Waals surface area (Å²) in [6, 6.07) is 4.12. The molecule has 2 aliphatic rings. The third-order valence-electron chi connectivity index (χ3n) is 3.96. The number of rotatable bonds is 1. The second-order valence-electron chi connectivity index (χ2n) is 4.93. The minimum Gasteiger partial charge on any atom is -0.316 e. The van der Waals surface area contributed by atoms with Crippen LogP contribution in [0.3, 0.4) is 0 Å². The Bertz CT molecular complexity index is 544. The molecule has 3 nitrogen and oxygen atoms in total. The highest BCUT2D eigenvalue weighted by molar-refractivity contribution is 9.10. The molecule has 0 spiro atoms. The van der Waals surface area contributed by atoms with E-state index < -0.39 is 0 Å². The summed E-state index contributed by atoms with van der Waals surface area (Å²) >= 11 is 3.30. The van der Waals surface area contributed by atoms with Gasteiger partial charge < -0.3 is 5.32 Å². The highest BCUT2D eigenvalue weighted by atomic mass is 79.9. The fourth-order valence-electron chi connectivity index (χ4n) is 3.00. The van der Waals surface area contributed by atoms with Gasteiger partial charge in [0.05, 0.1) is 5.56 Å². The maximum absolute atomic E-state index is 9.07. The van der Waals surface area contributed by atoms with Gasteiger partial charge in [-0.25, -0.2) is 4.98 Å². The third kappa shape index (κ3) is 1.98. The molecule has 0 unspecified atom stereocenters. The number of nitrogens with zero attached hydrogens (tertiary/aromatic N) is 2. The van der Waals surface area contributed by atoms with Crippen LogP contribution in [0.2, 0.25) is 0 Å². The lowest BCUT2D eigenvalue weighted by Crippen LogP contribution is -2.34. The van der Waals surface area contributed by atoms with Gasteiger partial charge in [0.25, 0.3) is 0 Å². The number of nitrogens with one attached hydrogen (secondary N) is 1. The molecule has 0 amide bonds. The molecule has 1 aromatic heterocycles. The lowest BCUT2D eigenvalue weighted by Gasteiger charge is -2.28. The van der Waals surface area contributed by atoms with Crippen molar-refractivity contribution in [1.29, 1.82) is 5.26 Å². The Hall–Kier alpha value is -1.18. The number of halogens is 1. The molecule has 3 rings (SSSR count). The van der Waals surface area contributed by atoms with Crippen molar-refractivity contribution in [2.24, 2.45) is 11.8 Å². The summed E-state index contributed by atoms with van der Waals surface area (Å²) in [4.78, 5) is 4.27. The quantitative estimate of drug-likeness (QED) is 0.812. The van der Waals surface area contributed by atoms with Gasteiger partial charge in [-0.2, -0.15) is 5.26 Å². The van der Waals surface area contributed by atoms with Crippen molar-refractivity contribution in [3.05, 3.63) is 34.1 Å². The molecule has 1 saturated heterocycles. The monoisotopic (exact) mass is 303 g/mol. The Morgan fingerprint density at radius 2 is 2.39 bits per heavy atom. The molecule has 0 radical (unpaired) electrons. The number of hydrogen-bond acceptors (Lipinski definition) is 3. The van der Waals surface area contributed by atoms with Crippen molar-refractivity contribution < 1.29 is 0 Å². The maximum atomic E-state index is 9.07. The minimum atomic E-state index is 0.591. The lowest BCUT2D eigenvalue weighted by molar-refractivity contribution is 0.328. The maximum Gasteiger partial charge on any atom is 0.123 e. The molecule has 2 atom stereocenters. The van der Waals surface area contributed by atoms with E-state index in [1.54, 1.807) is 0 Å². The molecule has 1 aromatic rings. The Morgan fingerprint density at radius 1 is 1.50 bits per heavy atom. The molecular weight excluding hydrogens is 290 g/mol. The molecule has 0 bridgehead atoms. The van der Waals surface area contributed by atoms with E-state index in [0.717, 1.165) is 24.6 Å². The lowest BCUT2D eigenvalue weighted by atomic mass is 9.84. The molecule has 1 aliphatic carbocycles. The first-order chi connectivity index (χ1) is 8.79. The molecule has 1 aliphatic heterocycles. The summed E-state index contributed by atoms with van der Waals surface area (Å²) < 4.78 is 0.630. The smallest absolute Gasteiger partial charge is 0.123 e. The highest BCUT2D eigenvalue weighted by Gasteiger charge is 2.32. The first kappa shape index (κ1) is 11.9. The number of pyridine rings is 1. The Morgan fingerprint density at radius 3 is 3.22 bits per heavy atom. The van der Waals surface area contributed by atoms with Gasteiger partial charge in [0, 0.05) is 12.7 Å². The molecule has 1 N–H and O–H groups in total. The molecule has 18 heavy (non-hydrogen) atoms. The van der Waals surface area contributed by atoms with Crippen molar-refractivity contribution in [1.82, 2.24) is 10.3 Å². The van der Waals surface area contributed by atoms with Gasteiger partial charge in [0.15, 0.2) is 0 Å². The van der Waals surface area contributed by atoms with Crippen LogP contribution in [0.5, 0.6) is 0 Å². The average Bonchev–Trinajstić information content (AvgIpc) is 2.83. The SMILES string of the molecule is N#Cc1cc(C2=CC[C@@H]3CCNC[C@H]23)cnc1Br.